The quantitative estimate of drug-likeness (QED) is 0.413. The molecule has 0 spiro atoms. The van der Waals surface area contributed by atoms with Gasteiger partial charge >= 0.3 is 6.18 Å². The Morgan fingerprint density at radius 3 is 2.39 bits per heavy atom. The molecule has 0 aliphatic carbocycles. The molecule has 0 saturated carbocycles. The van der Waals surface area contributed by atoms with Crippen molar-refractivity contribution in [3.05, 3.63) is 29.3 Å². The van der Waals surface area contributed by atoms with Crippen LogP contribution in [0, 0.1) is 6.92 Å². The smallest absolute Gasteiger partial charge is 0.422 e. The lowest BCUT2D eigenvalue weighted by Crippen LogP contribution is -2.37. The molecular formula is C15H23F3IN3O. The number of nitrogens with two attached hydrogens (primary N) is 1. The maximum atomic E-state index is 12.3. The highest BCUT2D eigenvalue weighted by atomic mass is 127. The molecule has 4 nitrogen and oxygen atoms in total. The monoisotopic (exact) mass is 445 g/mol. The Bertz CT molecular complexity index is 517. The van der Waals surface area contributed by atoms with E-state index >= 15 is 0 Å². The number of nitrogens with zero attached hydrogens (tertiary/aromatic N) is 2. The van der Waals surface area contributed by atoms with Crippen molar-refractivity contribution < 1.29 is 17.9 Å². The van der Waals surface area contributed by atoms with Crippen LogP contribution in [0.1, 0.15) is 25.0 Å². The number of aryl methyl sites for hydroxylation is 1. The molecule has 2 N–H and O–H groups in total. The van der Waals surface area contributed by atoms with Crippen LogP contribution in [-0.4, -0.2) is 36.7 Å². The van der Waals surface area contributed by atoms with Gasteiger partial charge in [-0.3, -0.25) is 0 Å². The number of halogens is 4. The second kappa shape index (κ2) is 9.84. The van der Waals surface area contributed by atoms with E-state index in [2.05, 4.69) is 4.99 Å². The third kappa shape index (κ3) is 7.76. The molecule has 0 heterocycles. The second-order valence-electron chi connectivity index (χ2n) is 4.86. The molecule has 1 aromatic carbocycles. The fourth-order valence-corrected chi connectivity index (χ4v) is 1.90. The average molecular weight is 445 g/mol. The molecule has 1 aromatic rings. The lowest BCUT2D eigenvalue weighted by atomic mass is 10.1. The zero-order valence-electron chi connectivity index (χ0n) is 13.5. The van der Waals surface area contributed by atoms with Crippen LogP contribution < -0.4 is 10.5 Å². The van der Waals surface area contributed by atoms with E-state index in [4.69, 9.17) is 10.5 Å². The fraction of sp³-hybridized carbons (Fsp3) is 0.533. The number of ether oxygens (including phenoxy) is 1. The van der Waals surface area contributed by atoms with Crippen molar-refractivity contribution in [1.29, 1.82) is 0 Å². The largest absolute Gasteiger partial charge is 0.484 e. The van der Waals surface area contributed by atoms with E-state index in [1.807, 2.05) is 18.7 Å². The van der Waals surface area contributed by atoms with Crippen LogP contribution in [0.15, 0.2) is 23.2 Å². The van der Waals surface area contributed by atoms with Gasteiger partial charge in [0.25, 0.3) is 0 Å². The Kier molecular flexibility index (Phi) is 9.33. The van der Waals surface area contributed by atoms with Gasteiger partial charge in [0, 0.05) is 18.7 Å². The van der Waals surface area contributed by atoms with Gasteiger partial charge in [-0.05, 0) is 32.4 Å². The summed E-state index contributed by atoms with van der Waals surface area (Å²) in [6, 6.07) is 5.09. The van der Waals surface area contributed by atoms with Crippen LogP contribution in [0.4, 0.5) is 13.2 Å². The molecule has 132 valence electrons. The van der Waals surface area contributed by atoms with Crippen molar-refractivity contribution in [2.24, 2.45) is 10.7 Å². The first-order valence-corrected chi connectivity index (χ1v) is 7.10. The molecule has 0 bridgehead atoms. The summed E-state index contributed by atoms with van der Waals surface area (Å²) in [4.78, 5) is 6.10. The summed E-state index contributed by atoms with van der Waals surface area (Å²) in [5.74, 6) is 0.556. The maximum Gasteiger partial charge on any atom is 0.422 e. The zero-order chi connectivity index (χ0) is 16.8. The molecular weight excluding hydrogens is 422 g/mol. The minimum absolute atomic E-state index is 0. The van der Waals surface area contributed by atoms with Crippen LogP contribution in [0.2, 0.25) is 0 Å². The van der Waals surface area contributed by atoms with Crippen molar-refractivity contribution in [2.45, 2.75) is 33.5 Å². The average Bonchev–Trinajstić information content (AvgIpc) is 2.44. The zero-order valence-corrected chi connectivity index (χ0v) is 15.8. The summed E-state index contributed by atoms with van der Waals surface area (Å²) < 4.78 is 41.8. The van der Waals surface area contributed by atoms with Crippen molar-refractivity contribution in [1.82, 2.24) is 4.90 Å². The third-order valence-corrected chi connectivity index (χ3v) is 3.11. The Morgan fingerprint density at radius 1 is 1.26 bits per heavy atom. The summed E-state index contributed by atoms with van der Waals surface area (Å²) >= 11 is 0. The third-order valence-electron chi connectivity index (χ3n) is 3.11. The Hall–Kier alpha value is -1.19. The number of benzene rings is 1. The van der Waals surface area contributed by atoms with Crippen molar-refractivity contribution in [2.75, 3.05) is 19.7 Å². The van der Waals surface area contributed by atoms with Gasteiger partial charge in [-0.25, -0.2) is 4.99 Å². The summed E-state index contributed by atoms with van der Waals surface area (Å²) in [5, 5.41) is 0. The summed E-state index contributed by atoms with van der Waals surface area (Å²) in [6.45, 7) is 5.99. The molecule has 0 unspecified atom stereocenters. The fourth-order valence-electron chi connectivity index (χ4n) is 1.90. The van der Waals surface area contributed by atoms with Crippen LogP contribution >= 0.6 is 24.0 Å². The molecule has 0 radical (unpaired) electrons. The topological polar surface area (TPSA) is 50.8 Å². The standard InChI is InChI=1S/C15H22F3N3O.HI/c1-4-21(5-2)14(19)20-9-12-7-6-11(3)8-13(12)22-10-15(16,17)18;/h6-8H,4-5,9-10H2,1-3H3,(H2,19,20);1H. The number of hydrogen-bond acceptors (Lipinski definition) is 2. The number of hydrogen-bond donors (Lipinski definition) is 1. The van der Waals surface area contributed by atoms with Crippen LogP contribution in [0.25, 0.3) is 0 Å². The normalized spacial score (nSPS) is 11.8. The predicted octanol–water partition coefficient (Wildman–Crippen LogP) is 3.71. The SMILES string of the molecule is CCN(CC)C(N)=NCc1ccc(C)cc1OCC(F)(F)F.I. The van der Waals surface area contributed by atoms with E-state index in [1.165, 1.54) is 0 Å². The number of guanidine groups is 1. The van der Waals surface area contributed by atoms with Crippen molar-refractivity contribution in [3.63, 3.8) is 0 Å². The van der Waals surface area contributed by atoms with E-state index in [0.717, 1.165) is 18.7 Å². The van der Waals surface area contributed by atoms with E-state index < -0.39 is 12.8 Å². The van der Waals surface area contributed by atoms with Gasteiger partial charge in [0.15, 0.2) is 12.6 Å². The van der Waals surface area contributed by atoms with Gasteiger partial charge in [0.1, 0.15) is 5.75 Å². The predicted molar refractivity (Wildman–Crippen MR) is 96.4 cm³/mol. The van der Waals surface area contributed by atoms with Crippen molar-refractivity contribution >= 4 is 29.9 Å². The Balaban J connectivity index is 0.00000484. The molecule has 0 saturated heterocycles. The van der Waals surface area contributed by atoms with Crippen molar-refractivity contribution in [3.8, 4) is 5.75 Å². The lowest BCUT2D eigenvalue weighted by Gasteiger charge is -2.19. The first kappa shape index (κ1) is 21.8. The number of alkyl halides is 3. The lowest BCUT2D eigenvalue weighted by molar-refractivity contribution is -0.153. The minimum Gasteiger partial charge on any atom is -0.484 e. The molecule has 0 amide bonds. The van der Waals surface area contributed by atoms with Crippen LogP contribution in [-0.2, 0) is 6.54 Å². The molecule has 0 aliphatic rings. The van der Waals surface area contributed by atoms with Gasteiger partial charge in [0.05, 0.1) is 6.54 Å². The van der Waals surface area contributed by atoms with E-state index in [1.54, 1.807) is 25.1 Å². The van der Waals surface area contributed by atoms with Crippen LogP contribution in [0.5, 0.6) is 5.75 Å². The van der Waals surface area contributed by atoms with Gasteiger partial charge in [-0.2, -0.15) is 13.2 Å². The first-order chi connectivity index (χ1) is 10.3. The van der Waals surface area contributed by atoms with Crippen LogP contribution in [0.3, 0.4) is 0 Å². The first-order valence-electron chi connectivity index (χ1n) is 7.10. The molecule has 0 fully saturated rings. The van der Waals surface area contributed by atoms with Gasteiger partial charge in [0.2, 0.25) is 0 Å². The molecule has 0 atom stereocenters. The van der Waals surface area contributed by atoms with Gasteiger partial charge < -0.3 is 15.4 Å². The Labute approximate surface area is 151 Å². The summed E-state index contributed by atoms with van der Waals surface area (Å²) in [6.07, 6.45) is -4.37. The van der Waals surface area contributed by atoms with Gasteiger partial charge in [-0.15, -0.1) is 24.0 Å². The highest BCUT2D eigenvalue weighted by Crippen LogP contribution is 2.24. The minimum atomic E-state index is -4.37. The number of aliphatic imine (C=N–C) groups is 1. The molecule has 8 heteroatoms. The van der Waals surface area contributed by atoms with E-state index in [9.17, 15) is 13.2 Å². The summed E-state index contributed by atoms with van der Waals surface area (Å²) in [7, 11) is 0. The van der Waals surface area contributed by atoms with E-state index in [-0.39, 0.29) is 36.3 Å². The Morgan fingerprint density at radius 2 is 1.87 bits per heavy atom. The highest BCUT2D eigenvalue weighted by molar-refractivity contribution is 14.0. The molecule has 0 aromatic heterocycles. The highest BCUT2D eigenvalue weighted by Gasteiger charge is 2.28. The van der Waals surface area contributed by atoms with Gasteiger partial charge in [-0.1, -0.05) is 12.1 Å². The molecule has 1 rings (SSSR count). The summed E-state index contributed by atoms with van der Waals surface area (Å²) in [5.41, 5.74) is 7.26. The molecule has 23 heavy (non-hydrogen) atoms. The maximum absolute atomic E-state index is 12.3. The van der Waals surface area contributed by atoms with E-state index in [0.29, 0.717) is 11.5 Å². The number of rotatable bonds is 6. The molecule has 0 aliphatic heterocycles. The second-order valence-corrected chi connectivity index (χ2v) is 4.86.